The molecule has 0 unspecified atom stereocenters. The van der Waals surface area contributed by atoms with E-state index in [1.54, 1.807) is 12.1 Å². The number of anilines is 1. The molecule has 0 radical (unpaired) electrons. The van der Waals surface area contributed by atoms with Gasteiger partial charge in [-0.2, -0.15) is 0 Å². The fourth-order valence-corrected chi connectivity index (χ4v) is 3.32. The van der Waals surface area contributed by atoms with Crippen molar-refractivity contribution in [3.8, 4) is 11.3 Å². The Kier molecular flexibility index (Phi) is 4.46. The largest absolute Gasteiger partial charge is 0.444 e. The molecule has 1 aromatic carbocycles. The van der Waals surface area contributed by atoms with Crippen molar-refractivity contribution in [1.82, 2.24) is 4.98 Å². The van der Waals surface area contributed by atoms with Gasteiger partial charge in [-0.1, -0.05) is 28.1 Å². The molecule has 7 heteroatoms. The van der Waals surface area contributed by atoms with Crippen LogP contribution in [0.25, 0.3) is 11.3 Å². The van der Waals surface area contributed by atoms with E-state index in [-0.39, 0.29) is 11.7 Å². The van der Waals surface area contributed by atoms with E-state index in [9.17, 15) is 4.79 Å². The molecule has 112 valence electrons. The number of halogens is 2. The van der Waals surface area contributed by atoms with E-state index in [1.807, 2.05) is 31.2 Å². The summed E-state index contributed by atoms with van der Waals surface area (Å²) >= 11 is 8.02. The van der Waals surface area contributed by atoms with Gasteiger partial charge in [0.1, 0.15) is 0 Å². The molecule has 4 nitrogen and oxygen atoms in total. The van der Waals surface area contributed by atoms with Gasteiger partial charge in [-0.15, -0.1) is 11.3 Å². The number of aromatic nitrogens is 1. The highest BCUT2D eigenvalue weighted by Gasteiger charge is 2.15. The molecule has 2 aromatic heterocycles. The van der Waals surface area contributed by atoms with Gasteiger partial charge in [0.05, 0.1) is 5.69 Å². The molecule has 0 bridgehead atoms. The number of amides is 1. The number of hydrogen-bond acceptors (Lipinski definition) is 4. The van der Waals surface area contributed by atoms with Crippen molar-refractivity contribution in [3.63, 3.8) is 0 Å². The SMILES string of the molecule is Cc1sc(NC(=O)c2ccc(Br)o2)nc1-c1ccc(Br)cc1. The molecule has 3 rings (SSSR count). The summed E-state index contributed by atoms with van der Waals surface area (Å²) in [5, 5.41) is 3.31. The molecule has 1 N–H and O–H groups in total. The summed E-state index contributed by atoms with van der Waals surface area (Å²) in [6.07, 6.45) is 0. The summed E-state index contributed by atoms with van der Waals surface area (Å²) in [5.41, 5.74) is 1.88. The maximum atomic E-state index is 12.1. The lowest BCUT2D eigenvalue weighted by Gasteiger charge is -1.99. The second-order valence-corrected chi connectivity index (χ2v) is 7.39. The van der Waals surface area contributed by atoms with Crippen LogP contribution in [0.2, 0.25) is 0 Å². The summed E-state index contributed by atoms with van der Waals surface area (Å²) < 4.78 is 6.76. The second kappa shape index (κ2) is 6.36. The smallest absolute Gasteiger partial charge is 0.293 e. The summed E-state index contributed by atoms with van der Waals surface area (Å²) in [4.78, 5) is 17.6. The van der Waals surface area contributed by atoms with E-state index in [2.05, 4.69) is 42.2 Å². The van der Waals surface area contributed by atoms with Gasteiger partial charge in [-0.05, 0) is 47.1 Å². The van der Waals surface area contributed by atoms with E-state index < -0.39 is 0 Å². The lowest BCUT2D eigenvalue weighted by Crippen LogP contribution is -2.10. The van der Waals surface area contributed by atoms with Crippen molar-refractivity contribution in [2.75, 3.05) is 5.32 Å². The highest BCUT2D eigenvalue weighted by atomic mass is 79.9. The van der Waals surface area contributed by atoms with Crippen molar-refractivity contribution in [3.05, 3.63) is 56.2 Å². The van der Waals surface area contributed by atoms with E-state index in [1.165, 1.54) is 11.3 Å². The Morgan fingerprint density at radius 1 is 1.18 bits per heavy atom. The number of carbonyl (C=O) groups excluding carboxylic acids is 1. The van der Waals surface area contributed by atoms with Crippen LogP contribution in [0.3, 0.4) is 0 Å². The van der Waals surface area contributed by atoms with Crippen LogP contribution in [0.4, 0.5) is 5.13 Å². The first-order valence-electron chi connectivity index (χ1n) is 6.33. The molecule has 0 saturated heterocycles. The van der Waals surface area contributed by atoms with Crippen molar-refractivity contribution in [2.24, 2.45) is 0 Å². The Morgan fingerprint density at radius 2 is 1.91 bits per heavy atom. The van der Waals surface area contributed by atoms with Crippen LogP contribution in [0, 0.1) is 6.92 Å². The Hall–Kier alpha value is -1.44. The molecule has 0 atom stereocenters. The van der Waals surface area contributed by atoms with Crippen LogP contribution in [0.15, 0.2) is 50.0 Å². The molecule has 0 spiro atoms. The standard InChI is InChI=1S/C15H10Br2N2O2S/c1-8-13(9-2-4-10(16)5-3-9)18-15(22-8)19-14(20)11-6-7-12(17)21-11/h2-7H,1H3,(H,18,19,20). The first kappa shape index (κ1) is 15.5. The zero-order valence-corrected chi connectivity index (χ0v) is 15.4. The molecule has 3 aromatic rings. The van der Waals surface area contributed by atoms with Gasteiger partial charge in [0.25, 0.3) is 5.91 Å². The number of furan rings is 1. The number of rotatable bonds is 3. The summed E-state index contributed by atoms with van der Waals surface area (Å²) in [6, 6.07) is 11.2. The summed E-state index contributed by atoms with van der Waals surface area (Å²) in [5.74, 6) is -0.0771. The zero-order chi connectivity index (χ0) is 15.7. The summed E-state index contributed by atoms with van der Waals surface area (Å²) in [6.45, 7) is 1.98. The average molecular weight is 442 g/mol. The van der Waals surface area contributed by atoms with Gasteiger partial charge in [0.2, 0.25) is 0 Å². The molecular weight excluding hydrogens is 432 g/mol. The third-order valence-corrected chi connectivity index (χ3v) is 4.77. The van der Waals surface area contributed by atoms with Gasteiger partial charge in [0.15, 0.2) is 15.6 Å². The van der Waals surface area contributed by atoms with Crippen LogP contribution >= 0.6 is 43.2 Å². The molecule has 0 aliphatic heterocycles. The van der Waals surface area contributed by atoms with Gasteiger partial charge in [-0.3, -0.25) is 10.1 Å². The first-order valence-corrected chi connectivity index (χ1v) is 8.73. The normalized spacial score (nSPS) is 10.7. The van der Waals surface area contributed by atoms with Crippen molar-refractivity contribution >= 4 is 54.2 Å². The van der Waals surface area contributed by atoms with Crippen LogP contribution in [0.5, 0.6) is 0 Å². The van der Waals surface area contributed by atoms with Gasteiger partial charge < -0.3 is 4.42 Å². The number of carbonyl (C=O) groups is 1. The maximum Gasteiger partial charge on any atom is 0.293 e. The number of nitrogens with one attached hydrogen (secondary N) is 1. The molecule has 22 heavy (non-hydrogen) atoms. The highest BCUT2D eigenvalue weighted by Crippen LogP contribution is 2.31. The van der Waals surface area contributed by atoms with Crippen LogP contribution in [-0.4, -0.2) is 10.9 Å². The number of nitrogens with zero attached hydrogens (tertiary/aromatic N) is 1. The minimum Gasteiger partial charge on any atom is -0.444 e. The molecule has 1 amide bonds. The molecule has 0 aliphatic rings. The van der Waals surface area contributed by atoms with Gasteiger partial charge >= 0.3 is 0 Å². The predicted octanol–water partition coefficient (Wildman–Crippen LogP) is 5.49. The van der Waals surface area contributed by atoms with Crippen LogP contribution < -0.4 is 5.32 Å². The molecular formula is C15H10Br2N2O2S. The minimum absolute atomic E-state index is 0.241. The number of hydrogen-bond donors (Lipinski definition) is 1. The second-order valence-electron chi connectivity index (χ2n) is 4.49. The quantitative estimate of drug-likeness (QED) is 0.584. The van der Waals surface area contributed by atoms with E-state index in [0.29, 0.717) is 9.80 Å². The fourth-order valence-electron chi connectivity index (χ4n) is 1.92. The van der Waals surface area contributed by atoms with Gasteiger partial charge in [-0.25, -0.2) is 4.98 Å². The van der Waals surface area contributed by atoms with Crippen molar-refractivity contribution in [1.29, 1.82) is 0 Å². The third kappa shape index (κ3) is 3.31. The number of aryl methyl sites for hydroxylation is 1. The Labute approximate surface area is 147 Å². The van der Waals surface area contributed by atoms with Crippen LogP contribution in [0.1, 0.15) is 15.4 Å². The first-order chi connectivity index (χ1) is 10.5. The van der Waals surface area contributed by atoms with Crippen molar-refractivity contribution in [2.45, 2.75) is 6.92 Å². The monoisotopic (exact) mass is 440 g/mol. The highest BCUT2D eigenvalue weighted by molar-refractivity contribution is 9.10. The predicted molar refractivity (Wildman–Crippen MR) is 94.3 cm³/mol. The Morgan fingerprint density at radius 3 is 2.55 bits per heavy atom. The third-order valence-electron chi connectivity index (χ3n) is 2.93. The number of benzene rings is 1. The fraction of sp³-hybridized carbons (Fsp3) is 0.0667. The lowest BCUT2D eigenvalue weighted by molar-refractivity contribution is 0.0995. The van der Waals surface area contributed by atoms with E-state index >= 15 is 0 Å². The topological polar surface area (TPSA) is 55.1 Å². The Bertz CT molecular complexity index is 824. The molecule has 0 fully saturated rings. The lowest BCUT2D eigenvalue weighted by atomic mass is 10.1. The molecule has 2 heterocycles. The Balaban J connectivity index is 1.83. The number of thiazole rings is 1. The molecule has 0 saturated carbocycles. The average Bonchev–Trinajstić information content (AvgIpc) is 3.06. The van der Waals surface area contributed by atoms with Crippen molar-refractivity contribution < 1.29 is 9.21 Å². The summed E-state index contributed by atoms with van der Waals surface area (Å²) in [7, 11) is 0. The zero-order valence-electron chi connectivity index (χ0n) is 11.4. The van der Waals surface area contributed by atoms with Crippen LogP contribution in [-0.2, 0) is 0 Å². The minimum atomic E-state index is -0.318. The van der Waals surface area contributed by atoms with E-state index in [0.717, 1.165) is 20.6 Å². The molecule has 0 aliphatic carbocycles. The van der Waals surface area contributed by atoms with E-state index in [4.69, 9.17) is 4.42 Å². The maximum absolute atomic E-state index is 12.1. The van der Waals surface area contributed by atoms with Gasteiger partial charge in [0, 0.05) is 14.9 Å².